The van der Waals surface area contributed by atoms with Crippen LogP contribution in [-0.2, 0) is 6.54 Å². The number of benzene rings is 1. The lowest BCUT2D eigenvalue weighted by Gasteiger charge is -2.06. The predicted molar refractivity (Wildman–Crippen MR) is 86.1 cm³/mol. The Morgan fingerprint density at radius 1 is 1.17 bits per heavy atom. The van der Waals surface area contributed by atoms with Gasteiger partial charge in [-0.15, -0.1) is 0 Å². The Morgan fingerprint density at radius 3 is 2.74 bits per heavy atom. The fourth-order valence-electron chi connectivity index (χ4n) is 2.71. The Balaban J connectivity index is 1.79. The molecule has 0 saturated carbocycles. The minimum Gasteiger partial charge on any atom is -0.338 e. The second-order valence-corrected chi connectivity index (χ2v) is 5.75. The smallest absolute Gasteiger partial charge is 0.272 e. The van der Waals surface area contributed by atoms with E-state index in [1.807, 2.05) is 10.8 Å². The molecule has 114 valence electrons. The van der Waals surface area contributed by atoms with Gasteiger partial charge in [0, 0.05) is 18.3 Å². The van der Waals surface area contributed by atoms with Gasteiger partial charge in [0.15, 0.2) is 0 Å². The lowest BCUT2D eigenvalue weighted by molar-refractivity contribution is 0.102. The minimum atomic E-state index is -0.289. The third-order valence-electron chi connectivity index (χ3n) is 3.85. The zero-order valence-electron chi connectivity index (χ0n) is 11.9. The summed E-state index contributed by atoms with van der Waals surface area (Å²) in [5, 5.41) is 3.22. The van der Waals surface area contributed by atoms with Crippen molar-refractivity contribution < 1.29 is 9.18 Å². The summed E-state index contributed by atoms with van der Waals surface area (Å²) in [4.78, 5) is 16.4. The molecule has 4 nitrogen and oxygen atoms in total. The Hall–Kier alpha value is -2.66. The fraction of sp³-hybridized carbons (Fsp3) is 0.0588. The lowest BCUT2D eigenvalue weighted by Crippen LogP contribution is -2.13. The van der Waals surface area contributed by atoms with Crippen LogP contribution >= 0.6 is 11.6 Å². The Labute approximate surface area is 136 Å². The first-order valence-electron chi connectivity index (χ1n) is 7.02. The van der Waals surface area contributed by atoms with Gasteiger partial charge in [-0.3, -0.25) is 4.79 Å². The van der Waals surface area contributed by atoms with Crippen molar-refractivity contribution in [3.8, 4) is 11.1 Å². The topological polar surface area (TPSA) is 46.9 Å². The largest absolute Gasteiger partial charge is 0.338 e. The molecule has 0 bridgehead atoms. The van der Waals surface area contributed by atoms with Gasteiger partial charge in [-0.25, -0.2) is 9.37 Å². The molecule has 3 aromatic rings. The summed E-state index contributed by atoms with van der Waals surface area (Å²) < 4.78 is 14.9. The first kappa shape index (κ1) is 14.0. The zero-order chi connectivity index (χ0) is 16.0. The predicted octanol–water partition coefficient (Wildman–Crippen LogP) is 3.96. The van der Waals surface area contributed by atoms with Crippen molar-refractivity contribution in [2.75, 3.05) is 5.32 Å². The molecule has 6 heteroatoms. The number of anilines is 1. The van der Waals surface area contributed by atoms with Crippen molar-refractivity contribution in [2.45, 2.75) is 6.54 Å². The highest BCUT2D eigenvalue weighted by Crippen LogP contribution is 2.28. The number of hydrogen-bond acceptors (Lipinski definition) is 2. The highest BCUT2D eigenvalue weighted by molar-refractivity contribution is 6.29. The summed E-state index contributed by atoms with van der Waals surface area (Å²) in [6.07, 6.45) is 3.44. The average Bonchev–Trinajstić information content (AvgIpc) is 2.89. The third kappa shape index (κ3) is 2.49. The molecule has 1 aliphatic rings. The standard InChI is InChI=1S/C17H11ClFN3O/c18-16-6-12-9-22-8-11(10-1-3-13(19)4-2-10)5-15(22)17(23)21-14(12)7-20-16/h1-8H,9H2,(H,21,23). The van der Waals surface area contributed by atoms with Crippen LogP contribution in [0.1, 0.15) is 16.1 Å². The first-order valence-corrected chi connectivity index (χ1v) is 7.40. The zero-order valence-corrected chi connectivity index (χ0v) is 12.6. The maximum absolute atomic E-state index is 13.1. The number of fused-ring (bicyclic) bond motifs is 2. The number of amides is 1. The quantitative estimate of drug-likeness (QED) is 0.688. The Bertz CT molecular complexity index is 918. The van der Waals surface area contributed by atoms with Crippen LogP contribution in [0.15, 0.2) is 48.8 Å². The van der Waals surface area contributed by atoms with Crippen LogP contribution in [0.4, 0.5) is 10.1 Å². The molecule has 1 aromatic carbocycles. The highest BCUT2D eigenvalue weighted by atomic mass is 35.5. The second-order valence-electron chi connectivity index (χ2n) is 5.37. The fourth-order valence-corrected chi connectivity index (χ4v) is 2.89. The number of nitrogens with zero attached hydrogens (tertiary/aromatic N) is 2. The molecule has 0 radical (unpaired) electrons. The molecular weight excluding hydrogens is 317 g/mol. The molecule has 0 atom stereocenters. The number of carbonyl (C=O) groups is 1. The van der Waals surface area contributed by atoms with Crippen molar-refractivity contribution >= 4 is 23.2 Å². The molecule has 1 amide bonds. The normalized spacial score (nSPS) is 13.0. The van der Waals surface area contributed by atoms with E-state index in [2.05, 4.69) is 10.3 Å². The van der Waals surface area contributed by atoms with Gasteiger partial charge in [0.05, 0.1) is 11.9 Å². The molecular formula is C17H11ClFN3O. The molecule has 0 fully saturated rings. The SMILES string of the molecule is O=C1Nc2cnc(Cl)cc2Cn2cc(-c3ccc(F)cc3)cc21. The molecule has 2 aromatic heterocycles. The van der Waals surface area contributed by atoms with E-state index in [0.29, 0.717) is 23.1 Å². The van der Waals surface area contributed by atoms with Crippen molar-refractivity contribution in [3.05, 3.63) is 71.0 Å². The van der Waals surface area contributed by atoms with Gasteiger partial charge < -0.3 is 9.88 Å². The van der Waals surface area contributed by atoms with E-state index in [-0.39, 0.29) is 11.7 Å². The molecule has 0 spiro atoms. The Morgan fingerprint density at radius 2 is 1.96 bits per heavy atom. The van der Waals surface area contributed by atoms with E-state index in [4.69, 9.17) is 11.6 Å². The highest BCUT2D eigenvalue weighted by Gasteiger charge is 2.21. The maximum Gasteiger partial charge on any atom is 0.272 e. The van der Waals surface area contributed by atoms with Gasteiger partial charge >= 0.3 is 0 Å². The van der Waals surface area contributed by atoms with E-state index in [0.717, 1.165) is 16.7 Å². The minimum absolute atomic E-state index is 0.207. The number of pyridine rings is 1. The third-order valence-corrected chi connectivity index (χ3v) is 4.06. The molecule has 23 heavy (non-hydrogen) atoms. The number of rotatable bonds is 1. The van der Waals surface area contributed by atoms with E-state index in [9.17, 15) is 9.18 Å². The number of carbonyl (C=O) groups excluding carboxylic acids is 1. The van der Waals surface area contributed by atoms with Crippen LogP contribution < -0.4 is 5.32 Å². The van der Waals surface area contributed by atoms with Gasteiger partial charge in [0.1, 0.15) is 16.7 Å². The van der Waals surface area contributed by atoms with Crippen LogP contribution in [0.5, 0.6) is 0 Å². The molecule has 1 N–H and O–H groups in total. The maximum atomic E-state index is 13.1. The molecule has 3 heterocycles. The van der Waals surface area contributed by atoms with Crippen LogP contribution in [0.3, 0.4) is 0 Å². The van der Waals surface area contributed by atoms with Gasteiger partial charge in [0.25, 0.3) is 5.91 Å². The van der Waals surface area contributed by atoms with Gasteiger partial charge in [-0.05, 0) is 35.4 Å². The van der Waals surface area contributed by atoms with Crippen molar-refractivity contribution in [3.63, 3.8) is 0 Å². The van der Waals surface area contributed by atoms with Crippen LogP contribution in [-0.4, -0.2) is 15.5 Å². The van der Waals surface area contributed by atoms with E-state index >= 15 is 0 Å². The second kappa shape index (κ2) is 5.21. The van der Waals surface area contributed by atoms with Gasteiger partial charge in [-0.2, -0.15) is 0 Å². The monoisotopic (exact) mass is 327 g/mol. The summed E-state index contributed by atoms with van der Waals surface area (Å²) in [5.74, 6) is -0.496. The van der Waals surface area contributed by atoms with E-state index in [1.54, 1.807) is 30.5 Å². The Kier molecular flexibility index (Phi) is 3.16. The number of nitrogens with one attached hydrogen (secondary N) is 1. The van der Waals surface area contributed by atoms with E-state index < -0.39 is 0 Å². The van der Waals surface area contributed by atoms with Crippen molar-refractivity contribution in [1.82, 2.24) is 9.55 Å². The number of hydrogen-bond donors (Lipinski definition) is 1. The van der Waals surface area contributed by atoms with Gasteiger partial charge in [-0.1, -0.05) is 23.7 Å². The molecule has 0 saturated heterocycles. The van der Waals surface area contributed by atoms with Crippen molar-refractivity contribution in [2.24, 2.45) is 0 Å². The molecule has 4 rings (SSSR count). The van der Waals surface area contributed by atoms with E-state index in [1.165, 1.54) is 12.1 Å². The van der Waals surface area contributed by atoms with Crippen LogP contribution in [0, 0.1) is 5.82 Å². The molecule has 0 aliphatic carbocycles. The summed E-state index contributed by atoms with van der Waals surface area (Å²) >= 11 is 5.94. The van der Waals surface area contributed by atoms with Gasteiger partial charge in [0.2, 0.25) is 0 Å². The summed E-state index contributed by atoms with van der Waals surface area (Å²) in [6, 6.07) is 9.72. The molecule has 0 unspecified atom stereocenters. The average molecular weight is 328 g/mol. The van der Waals surface area contributed by atoms with Crippen LogP contribution in [0.25, 0.3) is 11.1 Å². The first-order chi connectivity index (χ1) is 11.1. The summed E-state index contributed by atoms with van der Waals surface area (Å²) in [6.45, 7) is 0.507. The molecule has 1 aliphatic heterocycles. The van der Waals surface area contributed by atoms with Crippen molar-refractivity contribution in [1.29, 1.82) is 0 Å². The summed E-state index contributed by atoms with van der Waals surface area (Å²) in [5.41, 5.74) is 3.80. The number of aromatic nitrogens is 2. The number of halogens is 2. The summed E-state index contributed by atoms with van der Waals surface area (Å²) in [7, 11) is 0. The lowest BCUT2D eigenvalue weighted by atomic mass is 10.1. The van der Waals surface area contributed by atoms with Crippen LogP contribution in [0.2, 0.25) is 5.15 Å².